The molecule has 0 bridgehead atoms. The van der Waals surface area contributed by atoms with E-state index in [2.05, 4.69) is 20.8 Å². The van der Waals surface area contributed by atoms with Gasteiger partial charge in [0, 0.05) is 0 Å². The molecule has 0 aliphatic rings. The second-order valence-corrected chi connectivity index (χ2v) is 9.49. The zero-order valence-corrected chi connectivity index (χ0v) is 20.6. The predicted octanol–water partition coefficient (Wildman–Crippen LogP) is 9.25. The van der Waals surface area contributed by atoms with Crippen molar-refractivity contribution in [3.63, 3.8) is 0 Å². The van der Waals surface area contributed by atoms with Gasteiger partial charge in [-0.3, -0.25) is 4.79 Å². The molecule has 0 amide bonds. The lowest BCUT2D eigenvalue weighted by molar-refractivity contribution is -0.148. The third kappa shape index (κ3) is 20.5. The van der Waals surface area contributed by atoms with Gasteiger partial charge in [0.05, 0.1) is 12.5 Å². The molecule has 29 heavy (non-hydrogen) atoms. The quantitative estimate of drug-likeness (QED) is 0.131. The van der Waals surface area contributed by atoms with Crippen molar-refractivity contribution in [2.75, 3.05) is 6.61 Å². The molecule has 0 saturated heterocycles. The summed E-state index contributed by atoms with van der Waals surface area (Å²) >= 11 is 0. The van der Waals surface area contributed by atoms with Gasteiger partial charge in [0.1, 0.15) is 0 Å². The Morgan fingerprint density at radius 2 is 1.07 bits per heavy atom. The Bertz CT molecular complexity index is 339. The van der Waals surface area contributed by atoms with Gasteiger partial charge in [-0.05, 0) is 18.8 Å². The number of hydrogen-bond donors (Lipinski definition) is 0. The van der Waals surface area contributed by atoms with Crippen LogP contribution in [0.15, 0.2) is 0 Å². The van der Waals surface area contributed by atoms with Crippen molar-refractivity contribution in [2.24, 2.45) is 11.8 Å². The molecule has 0 fully saturated rings. The highest BCUT2D eigenvalue weighted by molar-refractivity contribution is 5.71. The van der Waals surface area contributed by atoms with Crippen molar-refractivity contribution in [3.8, 4) is 0 Å². The van der Waals surface area contributed by atoms with Gasteiger partial charge >= 0.3 is 5.97 Å². The van der Waals surface area contributed by atoms with Crippen molar-refractivity contribution in [1.82, 2.24) is 0 Å². The number of carbonyl (C=O) groups excluding carboxylic acids is 1. The maximum Gasteiger partial charge on any atom is 0.308 e. The molecule has 0 heterocycles. The van der Waals surface area contributed by atoms with Crippen LogP contribution in [0.5, 0.6) is 0 Å². The van der Waals surface area contributed by atoms with E-state index in [4.69, 9.17) is 4.74 Å². The van der Waals surface area contributed by atoms with Gasteiger partial charge in [-0.2, -0.15) is 0 Å². The van der Waals surface area contributed by atoms with E-state index >= 15 is 0 Å². The number of ether oxygens (including phenoxy) is 1. The Kier molecular flexibility index (Phi) is 21.8. The van der Waals surface area contributed by atoms with Crippen molar-refractivity contribution >= 4 is 5.97 Å². The van der Waals surface area contributed by atoms with Crippen LogP contribution in [0, 0.1) is 11.8 Å². The molecule has 174 valence electrons. The highest BCUT2D eigenvalue weighted by Gasteiger charge is 2.13. The summed E-state index contributed by atoms with van der Waals surface area (Å²) in [5.74, 6) is 0.950. The summed E-state index contributed by atoms with van der Waals surface area (Å²) in [5.41, 5.74) is 0. The van der Waals surface area contributed by atoms with E-state index in [-0.39, 0.29) is 11.9 Å². The van der Waals surface area contributed by atoms with Crippen molar-refractivity contribution in [3.05, 3.63) is 0 Å². The maximum atomic E-state index is 12.1. The summed E-state index contributed by atoms with van der Waals surface area (Å²) in [6, 6.07) is 0. The maximum absolute atomic E-state index is 12.1. The van der Waals surface area contributed by atoms with E-state index in [1.807, 2.05) is 6.92 Å². The number of hydrogen-bond acceptors (Lipinski definition) is 2. The highest BCUT2D eigenvalue weighted by Crippen LogP contribution is 2.17. The second kappa shape index (κ2) is 22.2. The average Bonchev–Trinajstić information content (AvgIpc) is 2.71. The summed E-state index contributed by atoms with van der Waals surface area (Å²) < 4.78 is 5.48. The Morgan fingerprint density at radius 3 is 1.62 bits per heavy atom. The first-order chi connectivity index (χ1) is 14.1. The van der Waals surface area contributed by atoms with Crippen molar-refractivity contribution < 1.29 is 9.53 Å². The molecule has 2 atom stereocenters. The molecule has 0 N–H and O–H groups in total. The van der Waals surface area contributed by atoms with Gasteiger partial charge in [0.25, 0.3) is 0 Å². The number of rotatable bonds is 22. The van der Waals surface area contributed by atoms with Gasteiger partial charge in [-0.15, -0.1) is 0 Å². The lowest BCUT2D eigenvalue weighted by atomic mass is 9.97. The molecule has 0 aliphatic carbocycles. The molecule has 0 rings (SSSR count). The third-order valence-corrected chi connectivity index (χ3v) is 6.26. The Labute approximate surface area is 184 Å². The van der Waals surface area contributed by atoms with Crippen molar-refractivity contribution in [2.45, 2.75) is 150 Å². The first-order valence-corrected chi connectivity index (χ1v) is 13.3. The number of unbranched alkanes of at least 4 members (excludes halogenated alkanes) is 13. The molecule has 0 aliphatic heterocycles. The van der Waals surface area contributed by atoms with Crippen LogP contribution in [0.2, 0.25) is 0 Å². The second-order valence-electron chi connectivity index (χ2n) is 9.49. The number of esters is 1. The standard InChI is InChI=1S/C27H54O2/c1-5-7-8-9-10-11-12-13-14-15-16-20-24-29-27(28)26(4)23-19-17-18-22-25(3)21-6-2/h25-26H,5-24H2,1-4H3. The summed E-state index contributed by atoms with van der Waals surface area (Å²) in [4.78, 5) is 12.1. The smallest absolute Gasteiger partial charge is 0.308 e. The molecule has 0 aromatic rings. The van der Waals surface area contributed by atoms with E-state index in [0.29, 0.717) is 6.61 Å². The summed E-state index contributed by atoms with van der Waals surface area (Å²) in [6.45, 7) is 9.55. The number of carbonyl (C=O) groups is 1. The van der Waals surface area contributed by atoms with Crippen LogP contribution in [0.25, 0.3) is 0 Å². The minimum atomic E-state index is 0.0208. The fraction of sp³-hybridized carbons (Fsp3) is 0.963. The first kappa shape index (κ1) is 28.5. The Morgan fingerprint density at radius 1 is 0.586 bits per heavy atom. The van der Waals surface area contributed by atoms with Crippen LogP contribution in [-0.2, 0) is 9.53 Å². The zero-order valence-electron chi connectivity index (χ0n) is 20.6. The SMILES string of the molecule is CCCCCCCCCCCCCCOC(=O)C(C)CCCCCC(C)CCC. The predicted molar refractivity (Wildman–Crippen MR) is 128 cm³/mol. The molecule has 2 unspecified atom stereocenters. The third-order valence-electron chi connectivity index (χ3n) is 6.26. The molecule has 0 aromatic carbocycles. The minimum Gasteiger partial charge on any atom is -0.465 e. The highest BCUT2D eigenvalue weighted by atomic mass is 16.5. The molecule has 0 radical (unpaired) electrons. The molecule has 2 nitrogen and oxygen atoms in total. The van der Waals surface area contributed by atoms with Crippen LogP contribution >= 0.6 is 0 Å². The lowest BCUT2D eigenvalue weighted by Crippen LogP contribution is -2.15. The van der Waals surface area contributed by atoms with Gasteiger partial charge in [-0.1, -0.05) is 137 Å². The van der Waals surface area contributed by atoms with Crippen LogP contribution in [0.1, 0.15) is 150 Å². The van der Waals surface area contributed by atoms with E-state index in [9.17, 15) is 4.79 Å². The Balaban J connectivity index is 3.35. The van der Waals surface area contributed by atoms with Gasteiger partial charge < -0.3 is 4.74 Å². The first-order valence-electron chi connectivity index (χ1n) is 13.3. The summed E-state index contributed by atoms with van der Waals surface area (Å²) in [6.07, 6.45) is 24.8. The average molecular weight is 411 g/mol. The van der Waals surface area contributed by atoms with Crippen LogP contribution in [-0.4, -0.2) is 12.6 Å². The van der Waals surface area contributed by atoms with Gasteiger partial charge in [0.2, 0.25) is 0 Å². The molecule has 0 spiro atoms. The largest absolute Gasteiger partial charge is 0.465 e. The normalized spacial score (nSPS) is 13.4. The lowest BCUT2D eigenvalue weighted by Gasteiger charge is -2.12. The van der Waals surface area contributed by atoms with Crippen molar-refractivity contribution in [1.29, 1.82) is 0 Å². The topological polar surface area (TPSA) is 26.3 Å². The van der Waals surface area contributed by atoms with Crippen LogP contribution in [0.4, 0.5) is 0 Å². The van der Waals surface area contributed by atoms with Gasteiger partial charge in [0.15, 0.2) is 0 Å². The van der Waals surface area contributed by atoms with E-state index < -0.39 is 0 Å². The summed E-state index contributed by atoms with van der Waals surface area (Å²) in [7, 11) is 0. The van der Waals surface area contributed by atoms with E-state index in [1.54, 1.807) is 0 Å². The molecular weight excluding hydrogens is 356 g/mol. The fourth-order valence-electron chi connectivity index (χ4n) is 4.13. The molecule has 0 saturated carbocycles. The monoisotopic (exact) mass is 410 g/mol. The fourth-order valence-corrected chi connectivity index (χ4v) is 4.13. The van der Waals surface area contributed by atoms with E-state index in [1.165, 1.54) is 103 Å². The minimum absolute atomic E-state index is 0.0208. The van der Waals surface area contributed by atoms with Gasteiger partial charge in [-0.25, -0.2) is 0 Å². The van der Waals surface area contributed by atoms with Crippen LogP contribution < -0.4 is 0 Å². The Hall–Kier alpha value is -0.530. The van der Waals surface area contributed by atoms with E-state index in [0.717, 1.165) is 25.2 Å². The van der Waals surface area contributed by atoms with Crippen LogP contribution in [0.3, 0.4) is 0 Å². The molecule has 2 heteroatoms. The molecule has 0 aromatic heterocycles. The zero-order chi connectivity index (χ0) is 21.6. The molecular formula is C27H54O2. The summed E-state index contributed by atoms with van der Waals surface area (Å²) in [5, 5.41) is 0.